The summed E-state index contributed by atoms with van der Waals surface area (Å²) in [4.78, 5) is 0. The highest BCUT2D eigenvalue weighted by Crippen LogP contribution is 2.26. The van der Waals surface area contributed by atoms with Crippen molar-refractivity contribution in [2.45, 2.75) is 43.7 Å². The van der Waals surface area contributed by atoms with Gasteiger partial charge < -0.3 is 13.9 Å². The van der Waals surface area contributed by atoms with Gasteiger partial charge in [0.2, 0.25) is 0 Å². The van der Waals surface area contributed by atoms with Crippen LogP contribution in [0.25, 0.3) is 0 Å². The van der Waals surface area contributed by atoms with E-state index in [4.69, 9.17) is 13.9 Å². The number of epoxide rings is 1. The van der Waals surface area contributed by atoms with Crippen LogP contribution >= 0.6 is 0 Å². The molecule has 0 bridgehead atoms. The summed E-state index contributed by atoms with van der Waals surface area (Å²) in [6, 6.07) is 17.3. The van der Waals surface area contributed by atoms with Gasteiger partial charge in [-0.25, -0.2) is 0 Å². The van der Waals surface area contributed by atoms with Gasteiger partial charge in [-0.2, -0.15) is 0 Å². The Bertz CT molecular complexity index is 551. The molecule has 2 aromatic rings. The molecule has 0 N–H and O–H groups in total. The first-order valence-corrected chi connectivity index (χ1v) is 10.8. The zero-order valence-corrected chi connectivity index (χ0v) is 14.7. The van der Waals surface area contributed by atoms with Crippen LogP contribution in [0.2, 0.25) is 12.6 Å². The highest BCUT2D eigenvalue weighted by Gasteiger charge is 2.25. The van der Waals surface area contributed by atoms with Gasteiger partial charge in [0.05, 0.1) is 19.5 Å². The van der Waals surface area contributed by atoms with E-state index in [1.807, 2.05) is 12.1 Å². The lowest BCUT2D eigenvalue weighted by Crippen LogP contribution is -2.13. The Balaban J connectivity index is 1.42. The highest BCUT2D eigenvalue weighted by atomic mass is 28.3. The number of rotatable bonds is 10. The minimum atomic E-state index is -0.335. The molecule has 1 fully saturated rings. The summed E-state index contributed by atoms with van der Waals surface area (Å²) < 4.78 is 16.8. The first kappa shape index (κ1) is 16.5. The lowest BCUT2D eigenvalue weighted by atomic mass is 10.1. The van der Waals surface area contributed by atoms with E-state index < -0.39 is 0 Å². The summed E-state index contributed by atoms with van der Waals surface area (Å²) in [5, 5.41) is 0. The number of hydrogen-bond donors (Lipinski definition) is 0. The molecule has 0 spiro atoms. The smallest absolute Gasteiger partial charge is 0.132 e. The second-order valence-electron chi connectivity index (χ2n) is 6.30. The molecule has 0 amide bonds. The van der Waals surface area contributed by atoms with Crippen LogP contribution in [0.15, 0.2) is 53.1 Å². The molecule has 2 heterocycles. The molecule has 0 saturated carbocycles. The Morgan fingerprint density at radius 2 is 2.04 bits per heavy atom. The normalized spacial score (nSPS) is 18.3. The number of ether oxygens (including phenoxy) is 2. The maximum Gasteiger partial charge on any atom is 0.132 e. The van der Waals surface area contributed by atoms with Crippen LogP contribution < -0.4 is 0 Å². The monoisotopic (exact) mass is 329 g/mol. The van der Waals surface area contributed by atoms with E-state index in [2.05, 4.69) is 36.9 Å². The van der Waals surface area contributed by atoms with Gasteiger partial charge in [-0.15, -0.1) is 0 Å². The van der Waals surface area contributed by atoms with Crippen molar-refractivity contribution < 1.29 is 13.9 Å². The number of hydrogen-bond acceptors (Lipinski definition) is 3. The van der Waals surface area contributed by atoms with Crippen molar-refractivity contribution in [3.05, 3.63) is 60.1 Å². The highest BCUT2D eigenvalue weighted by molar-refractivity contribution is 6.56. The van der Waals surface area contributed by atoms with Crippen molar-refractivity contribution in [1.82, 2.24) is 0 Å². The lowest BCUT2D eigenvalue weighted by molar-refractivity contribution is 0.0223. The Morgan fingerprint density at radius 3 is 2.74 bits per heavy atom. The third-order valence-electron chi connectivity index (χ3n) is 4.16. The van der Waals surface area contributed by atoms with Crippen LogP contribution in [-0.4, -0.2) is 28.1 Å². The van der Waals surface area contributed by atoms with E-state index in [0.29, 0.717) is 12.7 Å². The molecule has 23 heavy (non-hydrogen) atoms. The fraction of sp³-hybridized carbons (Fsp3) is 0.474. The third-order valence-corrected chi connectivity index (χ3v) is 6.38. The largest absolute Gasteiger partial charge is 0.467 e. The summed E-state index contributed by atoms with van der Waals surface area (Å²) >= 11 is 0. The molecule has 1 radical (unpaired) electrons. The van der Waals surface area contributed by atoms with Crippen LogP contribution in [0.3, 0.4) is 0 Å². The average Bonchev–Trinajstić information content (AvgIpc) is 3.23. The van der Waals surface area contributed by atoms with Crippen molar-refractivity contribution >= 4 is 8.80 Å². The molecular formula is C19H25O3Si. The predicted molar refractivity (Wildman–Crippen MR) is 92.9 cm³/mol. The summed E-state index contributed by atoms with van der Waals surface area (Å²) in [5.41, 5.74) is 1.47. The Hall–Kier alpha value is -1.36. The SMILES string of the molecule is C[Si](CCCC(OCC1CO1)c1ccco1)Cc1ccccc1. The summed E-state index contributed by atoms with van der Waals surface area (Å²) in [7, 11) is -0.335. The first-order valence-electron chi connectivity index (χ1n) is 8.43. The summed E-state index contributed by atoms with van der Waals surface area (Å²) in [6.45, 7) is 3.95. The van der Waals surface area contributed by atoms with E-state index in [0.717, 1.165) is 18.8 Å². The maximum absolute atomic E-state index is 6.00. The van der Waals surface area contributed by atoms with Crippen LogP contribution in [0.4, 0.5) is 0 Å². The summed E-state index contributed by atoms with van der Waals surface area (Å²) in [5.74, 6) is 0.943. The van der Waals surface area contributed by atoms with E-state index in [-0.39, 0.29) is 14.9 Å². The topological polar surface area (TPSA) is 34.9 Å². The van der Waals surface area contributed by atoms with Gasteiger partial charge in [0, 0.05) is 8.80 Å². The van der Waals surface area contributed by atoms with Gasteiger partial charge in [-0.05, 0) is 24.6 Å². The van der Waals surface area contributed by atoms with Gasteiger partial charge >= 0.3 is 0 Å². The number of benzene rings is 1. The number of furan rings is 1. The van der Waals surface area contributed by atoms with E-state index in [1.165, 1.54) is 24.1 Å². The van der Waals surface area contributed by atoms with Crippen LogP contribution in [0.5, 0.6) is 0 Å². The molecule has 1 saturated heterocycles. The fourth-order valence-electron chi connectivity index (χ4n) is 2.79. The molecule has 0 aliphatic carbocycles. The molecule has 1 aromatic heterocycles. The zero-order valence-electron chi connectivity index (χ0n) is 13.7. The average molecular weight is 329 g/mol. The van der Waals surface area contributed by atoms with Crippen LogP contribution in [-0.2, 0) is 15.5 Å². The van der Waals surface area contributed by atoms with Gasteiger partial charge in [0.15, 0.2) is 0 Å². The van der Waals surface area contributed by atoms with Crippen LogP contribution in [0, 0.1) is 0 Å². The van der Waals surface area contributed by atoms with Crippen LogP contribution in [0.1, 0.15) is 30.3 Å². The molecule has 4 heteroatoms. The molecular weight excluding hydrogens is 304 g/mol. The standard InChI is InChI=1S/C19H25O3Si/c1-23(15-16-7-3-2-4-8-16)12-6-10-19(18-9-5-11-20-18)22-14-17-13-21-17/h2-5,7-9,11,17,19H,6,10,12-15H2,1H3. The minimum Gasteiger partial charge on any atom is -0.467 e. The predicted octanol–water partition coefficient (Wildman–Crippen LogP) is 4.42. The molecule has 3 rings (SSSR count). The second-order valence-corrected chi connectivity index (χ2v) is 9.07. The molecule has 1 aromatic carbocycles. The van der Waals surface area contributed by atoms with E-state index in [9.17, 15) is 0 Å². The molecule has 123 valence electrons. The Labute approximate surface area is 140 Å². The van der Waals surface area contributed by atoms with Gasteiger partial charge in [-0.1, -0.05) is 54.9 Å². The minimum absolute atomic E-state index is 0.0701. The Morgan fingerprint density at radius 1 is 1.22 bits per heavy atom. The van der Waals surface area contributed by atoms with Crippen molar-refractivity contribution in [2.24, 2.45) is 0 Å². The quantitative estimate of drug-likeness (QED) is 0.478. The second kappa shape index (κ2) is 8.48. The van der Waals surface area contributed by atoms with Gasteiger partial charge in [0.1, 0.15) is 18.0 Å². The maximum atomic E-state index is 6.00. The molecule has 1 aliphatic rings. The molecule has 1 aliphatic heterocycles. The zero-order chi connectivity index (χ0) is 15.9. The Kier molecular flexibility index (Phi) is 6.08. The van der Waals surface area contributed by atoms with E-state index >= 15 is 0 Å². The van der Waals surface area contributed by atoms with Crippen molar-refractivity contribution in [1.29, 1.82) is 0 Å². The van der Waals surface area contributed by atoms with Gasteiger partial charge in [-0.3, -0.25) is 0 Å². The summed E-state index contributed by atoms with van der Waals surface area (Å²) in [6.07, 6.45) is 4.31. The molecule has 2 atom stereocenters. The first-order chi connectivity index (χ1) is 11.3. The molecule has 3 nitrogen and oxygen atoms in total. The third kappa shape index (κ3) is 5.64. The lowest BCUT2D eigenvalue weighted by Gasteiger charge is -2.16. The fourth-order valence-corrected chi connectivity index (χ4v) is 4.71. The van der Waals surface area contributed by atoms with Crippen molar-refractivity contribution in [3.63, 3.8) is 0 Å². The molecule has 2 unspecified atom stereocenters. The van der Waals surface area contributed by atoms with Crippen molar-refractivity contribution in [2.75, 3.05) is 13.2 Å². The van der Waals surface area contributed by atoms with E-state index in [1.54, 1.807) is 6.26 Å². The van der Waals surface area contributed by atoms with Crippen molar-refractivity contribution in [3.8, 4) is 0 Å². The van der Waals surface area contributed by atoms with Gasteiger partial charge in [0.25, 0.3) is 0 Å².